The Hall–Kier alpha value is -3.81. The molecule has 238 valence electrons. The van der Waals surface area contributed by atoms with Crippen molar-refractivity contribution in [1.29, 1.82) is 0 Å². The van der Waals surface area contributed by atoms with Gasteiger partial charge in [-0.25, -0.2) is 8.78 Å². The van der Waals surface area contributed by atoms with E-state index in [4.69, 9.17) is 0 Å². The monoisotopic (exact) mass is 628 g/mol. The molecule has 0 atom stereocenters. The zero-order valence-electron chi connectivity index (χ0n) is 24.9. The number of benzene rings is 4. The molecule has 1 nitrogen and oxygen atoms in total. The molecule has 0 aliphatic heterocycles. The van der Waals surface area contributed by atoms with Crippen molar-refractivity contribution in [1.82, 2.24) is 0 Å². The second-order valence-electron chi connectivity index (χ2n) is 11.9. The maximum atomic E-state index is 15.3. The Bertz CT molecular complexity index is 1570. The standard InChI is InChI=1S/C37H35F7O/c1-2-3-4-5-24-6-8-25(9-7-24)27-12-20-33(34(38)22-27)28-13-21-32(35(39)23-28)26-10-14-30(15-11-26)37(43,44)45-31-18-16-29(17-19-31)36(40,41)42/h10-25H,2-9H2,1H3. The fourth-order valence-corrected chi connectivity index (χ4v) is 6.17. The summed E-state index contributed by atoms with van der Waals surface area (Å²) in [5.74, 6) is -0.413. The molecular weight excluding hydrogens is 593 g/mol. The van der Waals surface area contributed by atoms with E-state index >= 15 is 8.78 Å². The average Bonchev–Trinajstić information content (AvgIpc) is 3.01. The SMILES string of the molecule is CCCCCC1CCC(c2ccc(-c3ccc(-c4ccc(C(F)(F)Oc5ccc(C(F)(F)F)cc5)cc4)c(F)c3)c(F)c2)CC1. The molecule has 0 bridgehead atoms. The number of rotatable bonds is 10. The van der Waals surface area contributed by atoms with Gasteiger partial charge in [0.2, 0.25) is 0 Å². The third-order valence-corrected chi connectivity index (χ3v) is 8.77. The van der Waals surface area contributed by atoms with E-state index in [1.54, 1.807) is 18.2 Å². The molecule has 45 heavy (non-hydrogen) atoms. The van der Waals surface area contributed by atoms with Crippen molar-refractivity contribution in [3.63, 3.8) is 0 Å². The minimum Gasteiger partial charge on any atom is -0.429 e. The van der Waals surface area contributed by atoms with Crippen LogP contribution in [0.15, 0.2) is 84.9 Å². The molecule has 4 aromatic rings. The van der Waals surface area contributed by atoms with Crippen LogP contribution < -0.4 is 4.74 Å². The smallest absolute Gasteiger partial charge is 0.426 e. The van der Waals surface area contributed by atoms with Gasteiger partial charge in [-0.05, 0) is 103 Å². The van der Waals surface area contributed by atoms with Gasteiger partial charge in [0.05, 0.1) is 11.1 Å². The van der Waals surface area contributed by atoms with Crippen LogP contribution in [-0.4, -0.2) is 0 Å². The first-order valence-electron chi connectivity index (χ1n) is 15.4. The van der Waals surface area contributed by atoms with E-state index in [-0.39, 0.29) is 11.1 Å². The summed E-state index contributed by atoms with van der Waals surface area (Å²) in [5.41, 5.74) is 0.538. The zero-order chi connectivity index (χ0) is 32.2. The van der Waals surface area contributed by atoms with E-state index in [1.807, 2.05) is 6.07 Å². The van der Waals surface area contributed by atoms with Crippen molar-refractivity contribution >= 4 is 0 Å². The molecule has 0 aromatic heterocycles. The Labute approximate surface area is 259 Å². The van der Waals surface area contributed by atoms with E-state index in [1.165, 1.54) is 49.9 Å². The van der Waals surface area contributed by atoms with Crippen LogP contribution in [0.3, 0.4) is 0 Å². The molecule has 1 aliphatic carbocycles. The van der Waals surface area contributed by atoms with Gasteiger partial charge in [-0.15, -0.1) is 0 Å². The first-order valence-corrected chi connectivity index (χ1v) is 15.4. The Morgan fingerprint density at radius 3 is 1.82 bits per heavy atom. The molecule has 0 amide bonds. The maximum Gasteiger partial charge on any atom is 0.426 e. The molecule has 0 N–H and O–H groups in total. The van der Waals surface area contributed by atoms with Gasteiger partial charge in [0.15, 0.2) is 0 Å². The lowest BCUT2D eigenvalue weighted by atomic mass is 9.77. The molecule has 8 heteroatoms. The average molecular weight is 629 g/mol. The van der Waals surface area contributed by atoms with Crippen molar-refractivity contribution in [2.24, 2.45) is 5.92 Å². The lowest BCUT2D eigenvalue weighted by molar-refractivity contribution is -0.185. The normalized spacial score (nSPS) is 17.3. The number of alkyl halides is 5. The van der Waals surface area contributed by atoms with Gasteiger partial charge in [-0.1, -0.05) is 69.0 Å². The largest absolute Gasteiger partial charge is 0.429 e. The van der Waals surface area contributed by atoms with Crippen molar-refractivity contribution < 1.29 is 35.5 Å². The Kier molecular flexibility index (Phi) is 9.90. The first-order chi connectivity index (χ1) is 21.4. The van der Waals surface area contributed by atoms with Gasteiger partial charge in [0, 0.05) is 11.1 Å². The number of ether oxygens (including phenoxy) is 1. The molecule has 1 aliphatic rings. The summed E-state index contributed by atoms with van der Waals surface area (Å²) in [7, 11) is 0. The molecule has 0 unspecified atom stereocenters. The third-order valence-electron chi connectivity index (χ3n) is 8.77. The quantitative estimate of drug-likeness (QED) is 0.125. The Balaban J connectivity index is 1.24. The molecule has 0 radical (unpaired) electrons. The van der Waals surface area contributed by atoms with Crippen molar-refractivity contribution in [2.75, 3.05) is 0 Å². The van der Waals surface area contributed by atoms with Gasteiger partial charge in [0.25, 0.3) is 0 Å². The number of halogens is 7. The summed E-state index contributed by atoms with van der Waals surface area (Å²) in [6, 6.07) is 17.1. The lowest BCUT2D eigenvalue weighted by Gasteiger charge is -2.29. The summed E-state index contributed by atoms with van der Waals surface area (Å²) in [6.07, 6.45) is 0.999. The number of hydrogen-bond donors (Lipinski definition) is 0. The van der Waals surface area contributed by atoms with Crippen molar-refractivity contribution in [3.8, 4) is 28.0 Å². The highest BCUT2D eigenvalue weighted by molar-refractivity contribution is 5.71. The van der Waals surface area contributed by atoms with Gasteiger partial charge >= 0.3 is 12.3 Å². The summed E-state index contributed by atoms with van der Waals surface area (Å²) in [5, 5.41) is 0. The molecule has 1 fully saturated rings. The first kappa shape index (κ1) is 32.6. The van der Waals surface area contributed by atoms with Crippen LogP contribution in [0.1, 0.15) is 80.9 Å². The maximum absolute atomic E-state index is 15.3. The van der Waals surface area contributed by atoms with E-state index in [0.29, 0.717) is 29.2 Å². The van der Waals surface area contributed by atoms with Gasteiger partial charge in [0.1, 0.15) is 17.4 Å². The fraction of sp³-hybridized carbons (Fsp3) is 0.351. The van der Waals surface area contributed by atoms with Gasteiger partial charge in [-0.3, -0.25) is 0 Å². The van der Waals surface area contributed by atoms with E-state index in [0.717, 1.165) is 61.4 Å². The summed E-state index contributed by atoms with van der Waals surface area (Å²) in [4.78, 5) is 0. The highest BCUT2D eigenvalue weighted by Crippen LogP contribution is 2.40. The molecule has 4 aromatic carbocycles. The van der Waals surface area contributed by atoms with Crippen LogP contribution in [0.2, 0.25) is 0 Å². The number of unbranched alkanes of at least 4 members (excludes halogenated alkanes) is 2. The minimum atomic E-state index is -4.60. The summed E-state index contributed by atoms with van der Waals surface area (Å²) in [6.45, 7) is 2.21. The van der Waals surface area contributed by atoms with Crippen LogP contribution >= 0.6 is 0 Å². The molecule has 1 saturated carbocycles. The van der Waals surface area contributed by atoms with Gasteiger partial charge < -0.3 is 4.74 Å². The highest BCUT2D eigenvalue weighted by Gasteiger charge is 2.35. The summed E-state index contributed by atoms with van der Waals surface area (Å²) >= 11 is 0. The number of hydrogen-bond acceptors (Lipinski definition) is 1. The third kappa shape index (κ3) is 7.89. The van der Waals surface area contributed by atoms with Crippen molar-refractivity contribution in [2.45, 2.75) is 76.5 Å². The van der Waals surface area contributed by atoms with Gasteiger partial charge in [-0.2, -0.15) is 22.0 Å². The molecule has 5 rings (SSSR count). The van der Waals surface area contributed by atoms with Crippen LogP contribution in [-0.2, 0) is 12.3 Å². The fourth-order valence-electron chi connectivity index (χ4n) is 6.17. The van der Waals surface area contributed by atoms with E-state index in [9.17, 15) is 22.0 Å². The van der Waals surface area contributed by atoms with Crippen LogP contribution in [0.25, 0.3) is 22.3 Å². The minimum absolute atomic E-state index is 0.144. The second-order valence-corrected chi connectivity index (χ2v) is 11.9. The molecule has 0 heterocycles. The van der Waals surface area contributed by atoms with Crippen LogP contribution in [0, 0.1) is 17.6 Å². The van der Waals surface area contributed by atoms with E-state index < -0.39 is 40.8 Å². The molecule has 0 saturated heterocycles. The second kappa shape index (κ2) is 13.7. The molecule has 0 spiro atoms. The zero-order valence-corrected chi connectivity index (χ0v) is 24.9. The topological polar surface area (TPSA) is 9.23 Å². The van der Waals surface area contributed by atoms with Crippen LogP contribution in [0.5, 0.6) is 5.75 Å². The van der Waals surface area contributed by atoms with Crippen LogP contribution in [0.4, 0.5) is 30.7 Å². The Morgan fingerprint density at radius 1 is 0.644 bits per heavy atom. The van der Waals surface area contributed by atoms with E-state index in [2.05, 4.69) is 11.7 Å². The predicted molar refractivity (Wildman–Crippen MR) is 162 cm³/mol. The lowest BCUT2D eigenvalue weighted by Crippen LogP contribution is -2.21. The van der Waals surface area contributed by atoms with Crippen molar-refractivity contribution in [3.05, 3.63) is 113 Å². The summed E-state index contributed by atoms with van der Waals surface area (Å²) < 4.78 is 103. The predicted octanol–water partition coefficient (Wildman–Crippen LogP) is 12.3. The Morgan fingerprint density at radius 2 is 1.22 bits per heavy atom. The highest BCUT2D eigenvalue weighted by atomic mass is 19.4. The molecular formula is C37H35F7O.